The van der Waals surface area contributed by atoms with Crippen LogP contribution < -0.4 is 16.3 Å². The van der Waals surface area contributed by atoms with Crippen molar-refractivity contribution in [1.29, 1.82) is 0 Å². The second-order valence-corrected chi connectivity index (χ2v) is 4.84. The van der Waals surface area contributed by atoms with E-state index in [1.807, 2.05) is 12.1 Å². The van der Waals surface area contributed by atoms with Gasteiger partial charge in [0, 0.05) is 29.4 Å². The van der Waals surface area contributed by atoms with Crippen molar-refractivity contribution in [2.45, 2.75) is 0 Å². The van der Waals surface area contributed by atoms with Gasteiger partial charge in [-0.15, -0.1) is 0 Å². The van der Waals surface area contributed by atoms with Crippen LogP contribution in [0.2, 0.25) is 5.02 Å². The van der Waals surface area contributed by atoms with Crippen molar-refractivity contribution < 1.29 is 4.42 Å². The number of fused-ring (bicyclic) bond motifs is 1. The highest BCUT2D eigenvalue weighted by Gasteiger charge is 1.99. The number of pyridine rings is 1. The molecule has 0 aliphatic rings. The molecule has 21 heavy (non-hydrogen) atoms. The highest BCUT2D eigenvalue weighted by molar-refractivity contribution is 6.30. The fourth-order valence-electron chi connectivity index (χ4n) is 1.89. The molecule has 0 amide bonds. The molecule has 0 unspecified atom stereocenters. The first-order chi connectivity index (χ1) is 10.2. The fraction of sp³-hybridized carbons (Fsp3) is 0.0667. The van der Waals surface area contributed by atoms with Gasteiger partial charge in [-0.05, 0) is 30.3 Å². The molecular weight excluding hydrogens is 290 g/mol. The lowest BCUT2D eigenvalue weighted by molar-refractivity contribution is 0.561. The van der Waals surface area contributed by atoms with Crippen molar-refractivity contribution in [3.05, 3.63) is 64.1 Å². The summed E-state index contributed by atoms with van der Waals surface area (Å²) in [6.07, 6.45) is 1.58. The Bertz CT molecular complexity index is 815. The van der Waals surface area contributed by atoms with Crippen LogP contribution in [0.5, 0.6) is 0 Å². The molecule has 0 atom stereocenters. The van der Waals surface area contributed by atoms with Crippen LogP contribution in [-0.2, 0) is 0 Å². The quantitative estimate of drug-likeness (QED) is 0.571. The van der Waals surface area contributed by atoms with Crippen LogP contribution in [0, 0.1) is 0 Å². The van der Waals surface area contributed by atoms with Crippen molar-refractivity contribution in [3.8, 4) is 0 Å². The Morgan fingerprint density at radius 3 is 2.76 bits per heavy atom. The van der Waals surface area contributed by atoms with E-state index < -0.39 is 0 Å². The lowest BCUT2D eigenvalue weighted by atomic mass is 10.2. The topological polar surface area (TPSA) is 67.2 Å². The van der Waals surface area contributed by atoms with Gasteiger partial charge in [0.05, 0.1) is 11.7 Å². The summed E-state index contributed by atoms with van der Waals surface area (Å²) >= 11 is 5.77. The molecule has 0 bridgehead atoms. The van der Waals surface area contributed by atoms with E-state index in [2.05, 4.69) is 15.6 Å². The number of benzene rings is 1. The predicted octanol–water partition coefficient (Wildman–Crippen LogP) is 3.32. The van der Waals surface area contributed by atoms with Gasteiger partial charge in [-0.3, -0.25) is 0 Å². The molecule has 3 rings (SSSR count). The molecule has 2 heterocycles. The summed E-state index contributed by atoms with van der Waals surface area (Å²) in [5.41, 5.74) is 1.04. The molecule has 0 spiro atoms. The standard InChI is InChI=1S/C15H12ClN3O2/c16-11-3-5-14(17-8-11)19-9-18-12-4-1-10-2-6-15(20)21-13(10)7-12/h1-8,18H,9H2,(H,17,19). The van der Waals surface area contributed by atoms with Crippen molar-refractivity contribution in [1.82, 2.24) is 4.98 Å². The maximum absolute atomic E-state index is 11.2. The first-order valence-corrected chi connectivity index (χ1v) is 6.72. The third-order valence-electron chi connectivity index (χ3n) is 2.91. The normalized spacial score (nSPS) is 10.5. The Kier molecular flexibility index (Phi) is 3.75. The summed E-state index contributed by atoms with van der Waals surface area (Å²) in [5.74, 6) is 0.722. The third kappa shape index (κ3) is 3.32. The highest BCUT2D eigenvalue weighted by Crippen LogP contribution is 2.17. The monoisotopic (exact) mass is 301 g/mol. The molecule has 2 aromatic heterocycles. The van der Waals surface area contributed by atoms with Crippen LogP contribution in [0.25, 0.3) is 11.0 Å². The minimum Gasteiger partial charge on any atom is -0.423 e. The van der Waals surface area contributed by atoms with Crippen LogP contribution in [0.1, 0.15) is 0 Å². The molecule has 1 aromatic carbocycles. The molecule has 0 radical (unpaired) electrons. The van der Waals surface area contributed by atoms with Crippen molar-refractivity contribution in [3.63, 3.8) is 0 Å². The molecule has 106 valence electrons. The number of anilines is 2. The van der Waals surface area contributed by atoms with E-state index in [-0.39, 0.29) is 5.63 Å². The largest absolute Gasteiger partial charge is 0.423 e. The van der Waals surface area contributed by atoms with Gasteiger partial charge in [0.1, 0.15) is 11.4 Å². The molecule has 6 heteroatoms. The van der Waals surface area contributed by atoms with Crippen LogP contribution in [0.3, 0.4) is 0 Å². The van der Waals surface area contributed by atoms with E-state index in [1.165, 1.54) is 6.07 Å². The summed E-state index contributed by atoms with van der Waals surface area (Å²) in [5, 5.41) is 7.76. The summed E-state index contributed by atoms with van der Waals surface area (Å²) in [7, 11) is 0. The molecule has 0 aliphatic carbocycles. The van der Waals surface area contributed by atoms with E-state index in [0.717, 1.165) is 16.9 Å². The zero-order chi connectivity index (χ0) is 14.7. The number of nitrogens with zero attached hydrogens (tertiary/aromatic N) is 1. The van der Waals surface area contributed by atoms with Crippen LogP contribution in [0.15, 0.2) is 57.9 Å². The van der Waals surface area contributed by atoms with Gasteiger partial charge in [-0.25, -0.2) is 9.78 Å². The Morgan fingerprint density at radius 1 is 1.10 bits per heavy atom. The van der Waals surface area contributed by atoms with Gasteiger partial charge >= 0.3 is 5.63 Å². The number of aromatic nitrogens is 1. The minimum absolute atomic E-state index is 0.358. The molecule has 0 saturated carbocycles. The smallest absolute Gasteiger partial charge is 0.336 e. The fourth-order valence-corrected chi connectivity index (χ4v) is 2.00. The third-order valence-corrected chi connectivity index (χ3v) is 3.14. The van der Waals surface area contributed by atoms with Gasteiger partial charge in [0.15, 0.2) is 0 Å². The molecule has 3 aromatic rings. The Hall–Kier alpha value is -2.53. The van der Waals surface area contributed by atoms with E-state index in [4.69, 9.17) is 16.0 Å². The number of halogens is 1. The average Bonchev–Trinajstić information content (AvgIpc) is 2.49. The number of hydrogen-bond donors (Lipinski definition) is 2. The second-order valence-electron chi connectivity index (χ2n) is 4.40. The zero-order valence-electron chi connectivity index (χ0n) is 11.0. The number of hydrogen-bond acceptors (Lipinski definition) is 5. The molecule has 0 saturated heterocycles. The van der Waals surface area contributed by atoms with Gasteiger partial charge in [-0.2, -0.15) is 0 Å². The van der Waals surface area contributed by atoms with Crippen LogP contribution in [-0.4, -0.2) is 11.7 Å². The van der Waals surface area contributed by atoms with Gasteiger partial charge in [0.25, 0.3) is 0 Å². The van der Waals surface area contributed by atoms with Crippen molar-refractivity contribution in [2.75, 3.05) is 17.3 Å². The maximum Gasteiger partial charge on any atom is 0.336 e. The lowest BCUT2D eigenvalue weighted by Gasteiger charge is -2.09. The molecule has 5 nitrogen and oxygen atoms in total. The van der Waals surface area contributed by atoms with Crippen LogP contribution >= 0.6 is 11.6 Å². The number of rotatable bonds is 4. The Labute approximate surface area is 125 Å². The molecule has 2 N–H and O–H groups in total. The van der Waals surface area contributed by atoms with E-state index in [0.29, 0.717) is 17.3 Å². The maximum atomic E-state index is 11.2. The van der Waals surface area contributed by atoms with Crippen LogP contribution in [0.4, 0.5) is 11.5 Å². The summed E-state index contributed by atoms with van der Waals surface area (Å²) in [4.78, 5) is 15.3. The molecular formula is C15H12ClN3O2. The van der Waals surface area contributed by atoms with E-state index in [9.17, 15) is 4.79 Å². The average molecular weight is 302 g/mol. The first-order valence-electron chi connectivity index (χ1n) is 6.34. The SMILES string of the molecule is O=c1ccc2ccc(NCNc3ccc(Cl)cn3)cc2o1. The predicted molar refractivity (Wildman–Crippen MR) is 83.8 cm³/mol. The van der Waals surface area contributed by atoms with Gasteiger partial charge < -0.3 is 15.1 Å². The molecule has 0 fully saturated rings. The molecule has 0 aliphatic heterocycles. The summed E-state index contributed by atoms with van der Waals surface area (Å²) < 4.78 is 5.14. The van der Waals surface area contributed by atoms with E-state index >= 15 is 0 Å². The Balaban J connectivity index is 1.67. The highest BCUT2D eigenvalue weighted by atomic mass is 35.5. The summed E-state index contributed by atoms with van der Waals surface area (Å²) in [6.45, 7) is 0.483. The zero-order valence-corrected chi connectivity index (χ0v) is 11.7. The van der Waals surface area contributed by atoms with Gasteiger partial charge in [0.2, 0.25) is 0 Å². The first kappa shape index (κ1) is 13.5. The lowest BCUT2D eigenvalue weighted by Crippen LogP contribution is -2.12. The minimum atomic E-state index is -0.358. The Morgan fingerprint density at radius 2 is 1.95 bits per heavy atom. The van der Waals surface area contributed by atoms with Crippen molar-refractivity contribution in [2.24, 2.45) is 0 Å². The van der Waals surface area contributed by atoms with Crippen molar-refractivity contribution >= 4 is 34.1 Å². The summed E-state index contributed by atoms with van der Waals surface area (Å²) in [6, 6.07) is 12.3. The van der Waals surface area contributed by atoms with Gasteiger partial charge in [-0.1, -0.05) is 11.6 Å². The van der Waals surface area contributed by atoms with E-state index in [1.54, 1.807) is 30.5 Å². The second kappa shape index (κ2) is 5.85. The number of nitrogens with one attached hydrogen (secondary N) is 2.